The Morgan fingerprint density at radius 2 is 2.05 bits per heavy atom. The topological polar surface area (TPSA) is 39.9 Å². The SMILES string of the molecule is COc1ccc(Cn2nc(C)nc2C2CC23CCC3)cc1. The van der Waals surface area contributed by atoms with Crippen LogP contribution in [0.4, 0.5) is 0 Å². The fourth-order valence-electron chi connectivity index (χ4n) is 3.65. The number of aryl methyl sites for hydroxylation is 1. The number of rotatable bonds is 4. The molecule has 0 amide bonds. The molecule has 1 heterocycles. The Morgan fingerprint density at radius 1 is 1.29 bits per heavy atom. The van der Waals surface area contributed by atoms with Crippen molar-refractivity contribution in [1.82, 2.24) is 14.8 Å². The van der Waals surface area contributed by atoms with Gasteiger partial charge < -0.3 is 4.74 Å². The van der Waals surface area contributed by atoms with Crippen molar-refractivity contribution in [3.8, 4) is 5.75 Å². The maximum atomic E-state index is 5.21. The second kappa shape index (κ2) is 4.58. The van der Waals surface area contributed by atoms with Crippen LogP contribution in [0.1, 0.15) is 48.8 Å². The van der Waals surface area contributed by atoms with E-state index in [1.807, 2.05) is 19.1 Å². The van der Waals surface area contributed by atoms with E-state index in [0.29, 0.717) is 11.3 Å². The first-order valence-electron chi connectivity index (χ1n) is 7.74. The van der Waals surface area contributed by atoms with E-state index >= 15 is 0 Å². The molecule has 1 aromatic heterocycles. The van der Waals surface area contributed by atoms with E-state index in [0.717, 1.165) is 18.1 Å². The zero-order valence-corrected chi connectivity index (χ0v) is 12.7. The second-order valence-corrected chi connectivity index (χ2v) is 6.50. The lowest BCUT2D eigenvalue weighted by Crippen LogP contribution is -2.16. The van der Waals surface area contributed by atoms with Crippen LogP contribution in [-0.4, -0.2) is 21.9 Å². The van der Waals surface area contributed by atoms with Crippen molar-refractivity contribution in [2.45, 2.75) is 45.1 Å². The van der Waals surface area contributed by atoms with Crippen LogP contribution in [0, 0.1) is 12.3 Å². The molecule has 2 aliphatic carbocycles. The maximum absolute atomic E-state index is 5.21. The zero-order valence-electron chi connectivity index (χ0n) is 12.7. The van der Waals surface area contributed by atoms with Crippen molar-refractivity contribution < 1.29 is 4.74 Å². The van der Waals surface area contributed by atoms with Crippen LogP contribution in [0.15, 0.2) is 24.3 Å². The van der Waals surface area contributed by atoms with Crippen molar-refractivity contribution in [1.29, 1.82) is 0 Å². The van der Waals surface area contributed by atoms with E-state index in [9.17, 15) is 0 Å². The molecule has 1 aromatic carbocycles. The van der Waals surface area contributed by atoms with Gasteiger partial charge >= 0.3 is 0 Å². The van der Waals surface area contributed by atoms with Crippen LogP contribution in [0.3, 0.4) is 0 Å². The Bertz CT molecular complexity index is 655. The quantitative estimate of drug-likeness (QED) is 0.864. The highest BCUT2D eigenvalue weighted by atomic mass is 16.5. The first kappa shape index (κ1) is 12.9. The molecule has 2 aromatic rings. The number of benzene rings is 1. The van der Waals surface area contributed by atoms with Crippen LogP contribution in [-0.2, 0) is 6.54 Å². The van der Waals surface area contributed by atoms with Crippen molar-refractivity contribution >= 4 is 0 Å². The summed E-state index contributed by atoms with van der Waals surface area (Å²) in [5, 5.41) is 4.61. The number of methoxy groups -OCH3 is 1. The smallest absolute Gasteiger partial charge is 0.147 e. The summed E-state index contributed by atoms with van der Waals surface area (Å²) >= 11 is 0. The fourth-order valence-corrected chi connectivity index (χ4v) is 3.65. The molecular weight excluding hydrogens is 262 g/mol. The molecule has 4 nitrogen and oxygen atoms in total. The summed E-state index contributed by atoms with van der Waals surface area (Å²) < 4.78 is 7.32. The number of hydrogen-bond donors (Lipinski definition) is 0. The van der Waals surface area contributed by atoms with Crippen LogP contribution >= 0.6 is 0 Å². The summed E-state index contributed by atoms with van der Waals surface area (Å²) in [6.07, 6.45) is 5.47. The summed E-state index contributed by atoms with van der Waals surface area (Å²) in [4.78, 5) is 4.71. The van der Waals surface area contributed by atoms with E-state index in [1.54, 1.807) is 7.11 Å². The second-order valence-electron chi connectivity index (χ2n) is 6.50. The predicted molar refractivity (Wildman–Crippen MR) is 80.5 cm³/mol. The summed E-state index contributed by atoms with van der Waals surface area (Å²) in [7, 11) is 1.69. The molecule has 2 fully saturated rings. The van der Waals surface area contributed by atoms with Crippen LogP contribution < -0.4 is 4.74 Å². The van der Waals surface area contributed by atoms with Gasteiger partial charge in [0, 0.05) is 5.92 Å². The molecule has 1 spiro atoms. The average molecular weight is 283 g/mol. The first-order chi connectivity index (χ1) is 10.2. The van der Waals surface area contributed by atoms with Gasteiger partial charge in [-0.3, -0.25) is 0 Å². The van der Waals surface area contributed by atoms with E-state index in [2.05, 4.69) is 21.9 Å². The Morgan fingerprint density at radius 3 is 2.62 bits per heavy atom. The normalized spacial score (nSPS) is 22.1. The first-order valence-corrected chi connectivity index (χ1v) is 7.74. The number of aromatic nitrogens is 3. The Labute approximate surface area is 125 Å². The monoisotopic (exact) mass is 283 g/mol. The number of ether oxygens (including phenoxy) is 1. The molecule has 4 rings (SSSR count). The molecule has 0 aliphatic heterocycles. The third-order valence-electron chi connectivity index (χ3n) is 5.15. The standard InChI is InChI=1S/C17H21N3O/c1-12-18-16(15-10-17(15)8-3-9-17)20(19-12)11-13-4-6-14(21-2)7-5-13/h4-7,15H,3,8-11H2,1-2H3. The summed E-state index contributed by atoms with van der Waals surface area (Å²) in [5.74, 6) is 3.62. The molecule has 0 N–H and O–H groups in total. The maximum Gasteiger partial charge on any atom is 0.147 e. The lowest BCUT2D eigenvalue weighted by Gasteiger charge is -2.26. The minimum absolute atomic E-state index is 0.594. The van der Waals surface area contributed by atoms with E-state index in [-0.39, 0.29) is 0 Å². The molecule has 2 aliphatic rings. The summed E-state index contributed by atoms with van der Waals surface area (Å²) in [6, 6.07) is 8.21. The van der Waals surface area contributed by atoms with Gasteiger partial charge in [-0.1, -0.05) is 18.6 Å². The van der Waals surface area contributed by atoms with Crippen molar-refractivity contribution in [3.05, 3.63) is 41.5 Å². The largest absolute Gasteiger partial charge is 0.497 e. The van der Waals surface area contributed by atoms with Crippen LogP contribution in [0.5, 0.6) is 5.75 Å². The van der Waals surface area contributed by atoms with Crippen molar-refractivity contribution in [2.75, 3.05) is 7.11 Å². The van der Waals surface area contributed by atoms with Gasteiger partial charge in [-0.15, -0.1) is 0 Å². The Kier molecular flexibility index (Phi) is 2.81. The van der Waals surface area contributed by atoms with Gasteiger partial charge in [-0.05, 0) is 49.3 Å². The Hall–Kier alpha value is -1.84. The highest BCUT2D eigenvalue weighted by Gasteiger charge is 2.59. The van der Waals surface area contributed by atoms with Crippen LogP contribution in [0.25, 0.3) is 0 Å². The van der Waals surface area contributed by atoms with E-state index < -0.39 is 0 Å². The average Bonchev–Trinajstić information content (AvgIpc) is 3.12. The molecule has 1 unspecified atom stereocenters. The molecule has 0 radical (unpaired) electrons. The highest BCUT2D eigenvalue weighted by Crippen LogP contribution is 2.69. The molecule has 0 bridgehead atoms. The molecule has 1 atom stereocenters. The van der Waals surface area contributed by atoms with Gasteiger partial charge in [0.25, 0.3) is 0 Å². The van der Waals surface area contributed by atoms with Crippen molar-refractivity contribution in [3.63, 3.8) is 0 Å². The third-order valence-corrected chi connectivity index (χ3v) is 5.15. The van der Waals surface area contributed by atoms with Gasteiger partial charge in [-0.25, -0.2) is 9.67 Å². The molecule has 110 valence electrons. The van der Waals surface area contributed by atoms with Gasteiger partial charge in [0.1, 0.15) is 17.4 Å². The lowest BCUT2D eigenvalue weighted by molar-refractivity contribution is 0.273. The van der Waals surface area contributed by atoms with Gasteiger partial charge in [0.2, 0.25) is 0 Å². The van der Waals surface area contributed by atoms with Gasteiger partial charge in [0.15, 0.2) is 0 Å². The zero-order chi connectivity index (χ0) is 14.4. The van der Waals surface area contributed by atoms with E-state index in [4.69, 9.17) is 9.72 Å². The van der Waals surface area contributed by atoms with Crippen molar-refractivity contribution in [2.24, 2.45) is 5.41 Å². The third kappa shape index (κ3) is 2.13. The molecule has 4 heteroatoms. The summed E-state index contributed by atoms with van der Waals surface area (Å²) in [6.45, 7) is 2.79. The lowest BCUT2D eigenvalue weighted by atomic mass is 9.79. The number of hydrogen-bond acceptors (Lipinski definition) is 3. The molecule has 2 saturated carbocycles. The van der Waals surface area contributed by atoms with Gasteiger partial charge in [0.05, 0.1) is 13.7 Å². The Balaban J connectivity index is 1.57. The van der Waals surface area contributed by atoms with Gasteiger partial charge in [-0.2, -0.15) is 5.10 Å². The minimum Gasteiger partial charge on any atom is -0.497 e. The fraction of sp³-hybridized carbons (Fsp3) is 0.529. The molecule has 0 saturated heterocycles. The molecule has 21 heavy (non-hydrogen) atoms. The van der Waals surface area contributed by atoms with Crippen LogP contribution in [0.2, 0.25) is 0 Å². The highest BCUT2D eigenvalue weighted by molar-refractivity contribution is 5.28. The minimum atomic E-state index is 0.594. The number of nitrogens with zero attached hydrogens (tertiary/aromatic N) is 3. The predicted octanol–water partition coefficient (Wildman–Crippen LogP) is 3.30. The van der Waals surface area contributed by atoms with E-state index in [1.165, 1.54) is 37.1 Å². The molecular formula is C17H21N3O. The summed E-state index contributed by atoms with van der Waals surface area (Å²) in [5.41, 5.74) is 1.84.